The Morgan fingerprint density at radius 1 is 1.17 bits per heavy atom. The van der Waals surface area contributed by atoms with E-state index in [0.717, 1.165) is 22.6 Å². The fourth-order valence-corrected chi connectivity index (χ4v) is 4.35. The Morgan fingerprint density at radius 3 is 2.69 bits per heavy atom. The summed E-state index contributed by atoms with van der Waals surface area (Å²) >= 11 is 7.03. The van der Waals surface area contributed by atoms with Gasteiger partial charge in [-0.2, -0.15) is 0 Å². The number of amides is 3. The maximum atomic E-state index is 12.5. The molecule has 2 fully saturated rings. The van der Waals surface area contributed by atoms with E-state index in [2.05, 4.69) is 4.99 Å². The van der Waals surface area contributed by atoms with Crippen LogP contribution < -0.4 is 9.80 Å². The highest BCUT2D eigenvalue weighted by Crippen LogP contribution is 2.29. The Hall–Kier alpha value is -2.55. The van der Waals surface area contributed by atoms with Gasteiger partial charge in [0.25, 0.3) is 11.8 Å². The molecule has 0 aliphatic carbocycles. The minimum atomic E-state index is -0.385. The molecule has 3 amide bonds. The Kier molecular flexibility index (Phi) is 5.49. The van der Waals surface area contributed by atoms with Gasteiger partial charge in [0.1, 0.15) is 6.61 Å². The molecule has 9 heteroatoms. The fourth-order valence-electron chi connectivity index (χ4n) is 3.42. The molecule has 2 aliphatic rings. The van der Waals surface area contributed by atoms with Gasteiger partial charge in [0.2, 0.25) is 5.91 Å². The summed E-state index contributed by atoms with van der Waals surface area (Å²) in [5.74, 6) is -0.578. The molecule has 2 saturated heterocycles. The summed E-state index contributed by atoms with van der Waals surface area (Å²) in [7, 11) is 0. The van der Waals surface area contributed by atoms with Crippen LogP contribution in [0.15, 0.2) is 35.3 Å². The van der Waals surface area contributed by atoms with Gasteiger partial charge < -0.3 is 14.5 Å². The molecule has 0 bridgehead atoms. The van der Waals surface area contributed by atoms with Crippen molar-refractivity contribution in [3.63, 3.8) is 0 Å². The van der Waals surface area contributed by atoms with E-state index in [1.165, 1.54) is 0 Å². The van der Waals surface area contributed by atoms with Gasteiger partial charge in [0, 0.05) is 17.9 Å². The Balaban J connectivity index is 1.52. The number of thiophene rings is 1. The van der Waals surface area contributed by atoms with Gasteiger partial charge in [-0.3, -0.25) is 14.4 Å². The third kappa shape index (κ3) is 4.10. The van der Waals surface area contributed by atoms with E-state index in [9.17, 15) is 14.4 Å². The van der Waals surface area contributed by atoms with Crippen molar-refractivity contribution in [3.05, 3.63) is 45.1 Å². The molecule has 0 spiro atoms. The maximum Gasteiger partial charge on any atom is 0.287 e. The zero-order valence-corrected chi connectivity index (χ0v) is 17.3. The first-order valence-electron chi connectivity index (χ1n) is 9.07. The van der Waals surface area contributed by atoms with Crippen molar-refractivity contribution >= 4 is 57.7 Å². The van der Waals surface area contributed by atoms with Crippen LogP contribution in [0.2, 0.25) is 4.34 Å². The zero-order valence-electron chi connectivity index (χ0n) is 15.7. The maximum absolute atomic E-state index is 12.5. The first-order valence-corrected chi connectivity index (χ1v) is 10.3. The molecule has 0 unspecified atom stereocenters. The first kappa shape index (κ1) is 19.8. The highest BCUT2D eigenvalue weighted by molar-refractivity contribution is 7.18. The molecular weight excluding hydrogens is 414 g/mol. The normalized spacial score (nSPS) is 18.8. The molecule has 2 aromatic rings. The number of carbonyl (C=O) groups excluding carboxylic acids is 3. The second-order valence-corrected chi connectivity index (χ2v) is 8.53. The van der Waals surface area contributed by atoms with Gasteiger partial charge in [0.15, 0.2) is 0 Å². The van der Waals surface area contributed by atoms with Crippen molar-refractivity contribution in [2.24, 2.45) is 4.99 Å². The first-order chi connectivity index (χ1) is 13.9. The molecule has 4 rings (SSSR count). The van der Waals surface area contributed by atoms with Gasteiger partial charge >= 0.3 is 0 Å². The molecule has 0 atom stereocenters. The Morgan fingerprint density at radius 2 is 2.00 bits per heavy atom. The van der Waals surface area contributed by atoms with Crippen molar-refractivity contribution in [2.45, 2.75) is 13.3 Å². The molecule has 150 valence electrons. The number of morpholine rings is 1. The third-order valence-corrected chi connectivity index (χ3v) is 6.03. The lowest BCUT2D eigenvalue weighted by Crippen LogP contribution is -2.42. The van der Waals surface area contributed by atoms with Crippen molar-refractivity contribution < 1.29 is 19.1 Å². The van der Waals surface area contributed by atoms with Crippen molar-refractivity contribution in [1.82, 2.24) is 0 Å². The van der Waals surface area contributed by atoms with Crippen LogP contribution in [0.3, 0.4) is 0 Å². The molecule has 3 heterocycles. The summed E-state index contributed by atoms with van der Waals surface area (Å²) in [5.41, 5.74) is 2.94. The molecule has 1 aromatic heterocycles. The van der Waals surface area contributed by atoms with Crippen LogP contribution in [-0.4, -0.2) is 49.7 Å². The van der Waals surface area contributed by atoms with E-state index in [4.69, 9.17) is 16.3 Å². The van der Waals surface area contributed by atoms with Crippen molar-refractivity contribution in [1.29, 1.82) is 0 Å². The summed E-state index contributed by atoms with van der Waals surface area (Å²) < 4.78 is 5.70. The van der Waals surface area contributed by atoms with Crippen LogP contribution in [0.1, 0.15) is 21.7 Å². The van der Waals surface area contributed by atoms with Crippen molar-refractivity contribution in [3.8, 4) is 0 Å². The van der Waals surface area contributed by atoms with E-state index in [0.29, 0.717) is 33.8 Å². The summed E-state index contributed by atoms with van der Waals surface area (Å²) in [5, 5.41) is 0. The number of rotatable bonds is 3. The van der Waals surface area contributed by atoms with E-state index in [-0.39, 0.29) is 37.3 Å². The number of aryl methyl sites for hydroxylation is 1. The predicted molar refractivity (Wildman–Crippen MR) is 112 cm³/mol. The zero-order chi connectivity index (χ0) is 20.5. The number of hydrogen-bond acceptors (Lipinski definition) is 5. The van der Waals surface area contributed by atoms with Gasteiger partial charge in [0.05, 0.1) is 34.5 Å². The lowest BCUT2D eigenvalue weighted by molar-refractivity contribution is -0.125. The highest BCUT2D eigenvalue weighted by atomic mass is 35.5. The molecule has 2 aliphatic heterocycles. The number of carbonyl (C=O) groups is 3. The van der Waals surface area contributed by atoms with Gasteiger partial charge in [-0.25, -0.2) is 4.99 Å². The largest absolute Gasteiger partial charge is 0.370 e. The fraction of sp³-hybridized carbons (Fsp3) is 0.300. The quantitative estimate of drug-likeness (QED) is 0.748. The third-order valence-electron chi connectivity index (χ3n) is 4.81. The smallest absolute Gasteiger partial charge is 0.287 e. The van der Waals surface area contributed by atoms with Gasteiger partial charge in [-0.1, -0.05) is 11.6 Å². The van der Waals surface area contributed by atoms with Crippen LogP contribution >= 0.6 is 22.9 Å². The standard InChI is InChI=1S/C20H18ClN3O4S/c1-12-8-14(2-3-15(12)23-6-7-28-11-19(23)26)24-10-13(9-18(24)25)22-20(27)16-4-5-17(21)29-16/h2-5,8H,6-7,9-11H2,1H3/b22-13+. The number of anilines is 2. The number of aliphatic imine (C=N–C) groups is 1. The van der Waals surface area contributed by atoms with Crippen molar-refractivity contribution in [2.75, 3.05) is 36.1 Å². The minimum absolute atomic E-state index is 0.0778. The van der Waals surface area contributed by atoms with E-state index in [1.54, 1.807) is 21.9 Å². The molecule has 29 heavy (non-hydrogen) atoms. The Bertz CT molecular complexity index is 1030. The van der Waals surface area contributed by atoms with Crippen LogP contribution in [0.4, 0.5) is 11.4 Å². The summed E-state index contributed by atoms with van der Waals surface area (Å²) in [6.45, 7) is 3.25. The lowest BCUT2D eigenvalue weighted by Gasteiger charge is -2.29. The minimum Gasteiger partial charge on any atom is -0.370 e. The monoisotopic (exact) mass is 431 g/mol. The van der Waals surface area contributed by atoms with E-state index >= 15 is 0 Å². The van der Waals surface area contributed by atoms with Gasteiger partial charge in [-0.05, 0) is 42.8 Å². The SMILES string of the molecule is Cc1cc(N2C/C(=N/C(=O)c3ccc(Cl)s3)CC2=O)ccc1N1CCOCC1=O. The predicted octanol–water partition coefficient (Wildman–Crippen LogP) is 3.09. The summed E-state index contributed by atoms with van der Waals surface area (Å²) in [6, 6.07) is 8.81. The second-order valence-electron chi connectivity index (χ2n) is 6.81. The van der Waals surface area contributed by atoms with Crippen LogP contribution in [0, 0.1) is 6.92 Å². The van der Waals surface area contributed by atoms with E-state index < -0.39 is 0 Å². The number of nitrogens with zero attached hydrogens (tertiary/aromatic N) is 3. The number of halogens is 1. The van der Waals surface area contributed by atoms with Crippen LogP contribution in [0.5, 0.6) is 0 Å². The second kappa shape index (κ2) is 8.06. The topological polar surface area (TPSA) is 79.3 Å². The number of ether oxygens (including phenoxy) is 1. The van der Waals surface area contributed by atoms with Gasteiger partial charge in [-0.15, -0.1) is 11.3 Å². The molecule has 0 N–H and O–H groups in total. The molecular formula is C20H18ClN3O4S. The highest BCUT2D eigenvalue weighted by Gasteiger charge is 2.29. The molecule has 1 aromatic carbocycles. The van der Waals surface area contributed by atoms with Crippen LogP contribution in [0.25, 0.3) is 0 Å². The lowest BCUT2D eigenvalue weighted by atomic mass is 10.1. The van der Waals surface area contributed by atoms with E-state index in [1.807, 2.05) is 25.1 Å². The molecule has 0 radical (unpaired) electrons. The van der Waals surface area contributed by atoms with Crippen LogP contribution in [-0.2, 0) is 14.3 Å². The Labute approximate surface area is 176 Å². The summed E-state index contributed by atoms with van der Waals surface area (Å²) in [6.07, 6.45) is 0.105. The number of benzene rings is 1. The molecule has 7 nitrogen and oxygen atoms in total. The molecule has 0 saturated carbocycles. The average Bonchev–Trinajstić information content (AvgIpc) is 3.28. The average molecular weight is 432 g/mol. The number of hydrogen-bond donors (Lipinski definition) is 0. The summed E-state index contributed by atoms with van der Waals surface area (Å²) in [4.78, 5) is 44.7.